The van der Waals surface area contributed by atoms with E-state index in [9.17, 15) is 4.39 Å². The van der Waals surface area contributed by atoms with Gasteiger partial charge in [0.1, 0.15) is 5.67 Å². The molecule has 1 saturated heterocycles. The zero-order valence-corrected chi connectivity index (χ0v) is 9.17. The Labute approximate surface area is 89.7 Å². The van der Waals surface area contributed by atoms with E-state index in [4.69, 9.17) is 0 Å². The Balaban J connectivity index is 1.86. The first-order valence-electron chi connectivity index (χ1n) is 5.55. The number of hydrogen-bond acceptors (Lipinski definition) is 2. The molecule has 0 aromatic carbocycles. The van der Waals surface area contributed by atoms with Gasteiger partial charge in [0, 0.05) is 13.2 Å². The van der Waals surface area contributed by atoms with Gasteiger partial charge in [0.05, 0.1) is 6.20 Å². The first kappa shape index (κ1) is 10.6. The van der Waals surface area contributed by atoms with Crippen molar-refractivity contribution >= 4 is 0 Å². The van der Waals surface area contributed by atoms with Crippen molar-refractivity contribution in [3.8, 4) is 0 Å². The smallest absolute Gasteiger partial charge is 0.113 e. The Morgan fingerprint density at radius 3 is 2.87 bits per heavy atom. The molecule has 0 bridgehead atoms. The molecule has 4 heteroatoms. The number of aryl methyl sites for hydroxylation is 2. The average Bonchev–Trinajstić information content (AvgIpc) is 2.63. The third kappa shape index (κ3) is 2.78. The van der Waals surface area contributed by atoms with Crippen molar-refractivity contribution in [3.05, 3.63) is 18.0 Å². The van der Waals surface area contributed by atoms with E-state index in [0.717, 1.165) is 25.1 Å². The van der Waals surface area contributed by atoms with Crippen molar-refractivity contribution in [1.82, 2.24) is 15.1 Å². The van der Waals surface area contributed by atoms with Crippen LogP contribution >= 0.6 is 0 Å². The van der Waals surface area contributed by atoms with Crippen molar-refractivity contribution in [2.45, 2.75) is 31.4 Å². The van der Waals surface area contributed by atoms with Gasteiger partial charge in [0.25, 0.3) is 0 Å². The standard InChI is InChI=1S/C11H18FN3/c1-15-9-10(8-14-15)2-3-11(12)4-6-13-7-5-11/h8-9,13H,2-7H2,1H3. The van der Waals surface area contributed by atoms with Gasteiger partial charge < -0.3 is 5.32 Å². The van der Waals surface area contributed by atoms with Gasteiger partial charge in [-0.25, -0.2) is 4.39 Å². The molecule has 0 atom stereocenters. The van der Waals surface area contributed by atoms with E-state index >= 15 is 0 Å². The van der Waals surface area contributed by atoms with E-state index in [-0.39, 0.29) is 0 Å². The summed E-state index contributed by atoms with van der Waals surface area (Å²) in [6, 6.07) is 0. The molecular formula is C11H18FN3. The lowest BCUT2D eigenvalue weighted by molar-refractivity contribution is 0.105. The second-order valence-electron chi connectivity index (χ2n) is 4.42. The Morgan fingerprint density at radius 1 is 1.53 bits per heavy atom. The lowest BCUT2D eigenvalue weighted by Crippen LogP contribution is -2.38. The van der Waals surface area contributed by atoms with Crippen LogP contribution in [-0.4, -0.2) is 28.5 Å². The summed E-state index contributed by atoms with van der Waals surface area (Å²) in [6.45, 7) is 1.62. The van der Waals surface area contributed by atoms with E-state index in [1.54, 1.807) is 4.68 Å². The fraction of sp³-hybridized carbons (Fsp3) is 0.727. The number of piperidine rings is 1. The van der Waals surface area contributed by atoms with Gasteiger partial charge in [-0.15, -0.1) is 0 Å². The molecule has 2 rings (SSSR count). The molecule has 1 fully saturated rings. The number of nitrogens with one attached hydrogen (secondary N) is 1. The molecule has 84 valence electrons. The summed E-state index contributed by atoms with van der Waals surface area (Å²) in [5, 5.41) is 7.27. The van der Waals surface area contributed by atoms with Gasteiger partial charge in [0.15, 0.2) is 0 Å². The highest BCUT2D eigenvalue weighted by atomic mass is 19.1. The molecule has 0 aliphatic carbocycles. The molecule has 3 nitrogen and oxygen atoms in total. The monoisotopic (exact) mass is 211 g/mol. The largest absolute Gasteiger partial charge is 0.316 e. The van der Waals surface area contributed by atoms with Crippen LogP contribution in [0.4, 0.5) is 4.39 Å². The molecule has 0 saturated carbocycles. The van der Waals surface area contributed by atoms with Crippen LogP contribution in [-0.2, 0) is 13.5 Å². The maximum absolute atomic E-state index is 14.2. The van der Waals surface area contributed by atoms with Crippen LogP contribution < -0.4 is 5.32 Å². The highest BCUT2D eigenvalue weighted by Gasteiger charge is 2.30. The summed E-state index contributed by atoms with van der Waals surface area (Å²) < 4.78 is 16.0. The summed E-state index contributed by atoms with van der Waals surface area (Å²) in [4.78, 5) is 0. The van der Waals surface area contributed by atoms with Crippen LogP contribution in [0.5, 0.6) is 0 Å². The van der Waals surface area contributed by atoms with Gasteiger partial charge >= 0.3 is 0 Å². The quantitative estimate of drug-likeness (QED) is 0.820. The van der Waals surface area contributed by atoms with Gasteiger partial charge in [-0.2, -0.15) is 5.10 Å². The minimum atomic E-state index is -0.957. The Bertz CT molecular complexity index is 315. The molecule has 15 heavy (non-hydrogen) atoms. The zero-order chi connectivity index (χ0) is 10.7. The summed E-state index contributed by atoms with van der Waals surface area (Å²) in [5.41, 5.74) is 0.175. The number of aromatic nitrogens is 2. The molecule has 1 aromatic rings. The molecule has 0 radical (unpaired) electrons. The van der Waals surface area contributed by atoms with E-state index < -0.39 is 5.67 Å². The van der Waals surface area contributed by atoms with Gasteiger partial charge in [-0.3, -0.25) is 4.68 Å². The van der Waals surface area contributed by atoms with Crippen LogP contribution in [0.25, 0.3) is 0 Å². The third-order valence-electron chi connectivity index (χ3n) is 3.12. The maximum Gasteiger partial charge on any atom is 0.113 e. The normalized spacial score (nSPS) is 20.4. The van der Waals surface area contributed by atoms with Crippen LogP contribution in [0.3, 0.4) is 0 Å². The average molecular weight is 211 g/mol. The lowest BCUT2D eigenvalue weighted by Gasteiger charge is -2.29. The zero-order valence-electron chi connectivity index (χ0n) is 9.17. The molecule has 1 aromatic heterocycles. The number of hydrogen-bond donors (Lipinski definition) is 1. The van der Waals surface area contributed by atoms with Crippen molar-refractivity contribution in [1.29, 1.82) is 0 Å². The second kappa shape index (κ2) is 4.31. The van der Waals surface area contributed by atoms with Crippen molar-refractivity contribution < 1.29 is 4.39 Å². The highest BCUT2D eigenvalue weighted by Crippen LogP contribution is 2.28. The Morgan fingerprint density at radius 2 is 2.27 bits per heavy atom. The Kier molecular flexibility index (Phi) is 3.05. The first-order chi connectivity index (χ1) is 7.18. The van der Waals surface area contributed by atoms with Crippen molar-refractivity contribution in [2.24, 2.45) is 7.05 Å². The minimum Gasteiger partial charge on any atom is -0.316 e. The molecule has 0 spiro atoms. The SMILES string of the molecule is Cn1cc(CCC2(F)CCNCC2)cn1. The van der Waals surface area contributed by atoms with E-state index in [1.165, 1.54) is 0 Å². The summed E-state index contributed by atoms with van der Waals surface area (Å²) >= 11 is 0. The fourth-order valence-corrected chi connectivity index (χ4v) is 2.09. The number of alkyl halides is 1. The maximum atomic E-state index is 14.2. The molecule has 1 aliphatic heterocycles. The molecule has 0 amide bonds. The first-order valence-corrected chi connectivity index (χ1v) is 5.55. The lowest BCUT2D eigenvalue weighted by atomic mass is 9.89. The van der Waals surface area contributed by atoms with Crippen molar-refractivity contribution in [3.63, 3.8) is 0 Å². The van der Waals surface area contributed by atoms with E-state index in [0.29, 0.717) is 19.3 Å². The summed E-state index contributed by atoms with van der Waals surface area (Å²) in [7, 11) is 1.89. The molecule has 1 aliphatic rings. The van der Waals surface area contributed by atoms with E-state index in [1.807, 2.05) is 19.4 Å². The van der Waals surface area contributed by atoms with Crippen molar-refractivity contribution in [2.75, 3.05) is 13.1 Å². The van der Waals surface area contributed by atoms with Crippen LogP contribution in [0.1, 0.15) is 24.8 Å². The molecular weight excluding hydrogens is 193 g/mol. The Hall–Kier alpha value is -0.900. The fourth-order valence-electron chi connectivity index (χ4n) is 2.09. The predicted octanol–water partition coefficient (Wildman–Crippen LogP) is 1.44. The highest BCUT2D eigenvalue weighted by molar-refractivity contribution is 5.05. The van der Waals surface area contributed by atoms with Gasteiger partial charge in [0.2, 0.25) is 0 Å². The molecule has 0 unspecified atom stereocenters. The molecule has 1 N–H and O–H groups in total. The van der Waals surface area contributed by atoms with Gasteiger partial charge in [-0.1, -0.05) is 0 Å². The second-order valence-corrected chi connectivity index (χ2v) is 4.42. The van der Waals surface area contributed by atoms with E-state index in [2.05, 4.69) is 10.4 Å². The number of nitrogens with zero attached hydrogens (tertiary/aromatic N) is 2. The third-order valence-corrected chi connectivity index (χ3v) is 3.12. The van der Waals surface area contributed by atoms with Crippen LogP contribution in [0.2, 0.25) is 0 Å². The molecule has 2 heterocycles. The summed E-state index contributed by atoms with van der Waals surface area (Å²) in [5.74, 6) is 0. The minimum absolute atomic E-state index is 0.625. The van der Waals surface area contributed by atoms with Gasteiger partial charge in [-0.05, 0) is 44.3 Å². The van der Waals surface area contributed by atoms with Crippen LogP contribution in [0.15, 0.2) is 12.4 Å². The predicted molar refractivity (Wildman–Crippen MR) is 57.5 cm³/mol. The topological polar surface area (TPSA) is 29.9 Å². The number of halogens is 1. The summed E-state index contributed by atoms with van der Waals surface area (Å²) in [6.07, 6.45) is 6.50. The number of rotatable bonds is 3. The van der Waals surface area contributed by atoms with Crippen LogP contribution in [0, 0.1) is 0 Å².